The number of hydrogen-bond donors (Lipinski definition) is 1. The zero-order valence-electron chi connectivity index (χ0n) is 10.6. The molecule has 1 saturated heterocycles. The van der Waals surface area contributed by atoms with Gasteiger partial charge in [0.1, 0.15) is 5.69 Å². The fourth-order valence-electron chi connectivity index (χ4n) is 2.02. The van der Waals surface area contributed by atoms with Crippen molar-refractivity contribution in [1.29, 1.82) is 0 Å². The van der Waals surface area contributed by atoms with Crippen LogP contribution in [0.5, 0.6) is 0 Å². The van der Waals surface area contributed by atoms with E-state index in [1.54, 1.807) is 0 Å². The Bertz CT molecular complexity index is 617. The quantitative estimate of drug-likeness (QED) is 0.867. The molecule has 0 aromatic carbocycles. The molecule has 1 aliphatic rings. The van der Waals surface area contributed by atoms with E-state index < -0.39 is 27.1 Å². The highest BCUT2D eigenvalue weighted by atomic mass is 32.2. The Morgan fingerprint density at radius 2 is 2.05 bits per heavy atom. The summed E-state index contributed by atoms with van der Waals surface area (Å²) in [5.41, 5.74) is -0.875. The number of nitrogens with zero attached hydrogens (tertiary/aromatic N) is 3. The van der Waals surface area contributed by atoms with Crippen molar-refractivity contribution in [2.45, 2.75) is 24.8 Å². The Hall–Kier alpha value is -1.42. The number of aromatic nitrogens is 2. The zero-order valence-corrected chi connectivity index (χ0v) is 11.4. The average Bonchev–Trinajstić information content (AvgIpc) is 2.75. The summed E-state index contributed by atoms with van der Waals surface area (Å²) in [4.78, 5) is 8.78. The van der Waals surface area contributed by atoms with E-state index in [9.17, 15) is 21.6 Å². The Kier molecular flexibility index (Phi) is 3.63. The van der Waals surface area contributed by atoms with Crippen molar-refractivity contribution in [3.63, 3.8) is 0 Å². The second-order valence-corrected chi connectivity index (χ2v) is 6.48. The van der Waals surface area contributed by atoms with Gasteiger partial charge >= 0.3 is 6.18 Å². The normalized spacial score (nSPS) is 20.4. The Labute approximate surface area is 113 Å². The maximum atomic E-state index is 12.7. The van der Waals surface area contributed by atoms with Gasteiger partial charge in [0.15, 0.2) is 0 Å². The molecule has 1 aromatic rings. The van der Waals surface area contributed by atoms with Gasteiger partial charge < -0.3 is 4.90 Å². The van der Waals surface area contributed by atoms with Gasteiger partial charge in [0.2, 0.25) is 16.0 Å². The van der Waals surface area contributed by atoms with Crippen molar-refractivity contribution in [1.82, 2.24) is 9.97 Å². The van der Waals surface area contributed by atoms with E-state index in [0.29, 0.717) is 0 Å². The van der Waals surface area contributed by atoms with Crippen LogP contribution in [0.15, 0.2) is 6.07 Å². The number of hydrogen-bond acceptors (Lipinski definition) is 5. The standard InChI is InChI=1S/C10H13F3N4O2S/c1-6-4-8(10(11,12)13)16-9(15-6)17-3-2-7(5-17)20(14,18)19/h4,7H,2-3,5H2,1H3,(H2,14,18,19). The summed E-state index contributed by atoms with van der Waals surface area (Å²) in [5.74, 6) is -0.122. The zero-order chi connectivity index (χ0) is 15.1. The molecule has 2 rings (SSSR count). The van der Waals surface area contributed by atoms with E-state index in [1.165, 1.54) is 11.8 Å². The lowest BCUT2D eigenvalue weighted by atomic mass is 10.3. The summed E-state index contributed by atoms with van der Waals surface area (Å²) >= 11 is 0. The molecule has 2 heterocycles. The van der Waals surface area contributed by atoms with E-state index in [4.69, 9.17) is 5.14 Å². The summed E-state index contributed by atoms with van der Waals surface area (Å²) in [7, 11) is -3.71. The van der Waals surface area contributed by atoms with Gasteiger partial charge in [-0.3, -0.25) is 0 Å². The lowest BCUT2D eigenvalue weighted by molar-refractivity contribution is -0.141. The molecule has 1 fully saturated rings. The van der Waals surface area contributed by atoms with Crippen LogP contribution in [0, 0.1) is 6.92 Å². The van der Waals surface area contributed by atoms with Crippen molar-refractivity contribution in [2.24, 2.45) is 5.14 Å². The van der Waals surface area contributed by atoms with Gasteiger partial charge in [0.25, 0.3) is 0 Å². The van der Waals surface area contributed by atoms with Crippen LogP contribution < -0.4 is 10.0 Å². The lowest BCUT2D eigenvalue weighted by Crippen LogP contribution is -2.32. The van der Waals surface area contributed by atoms with Gasteiger partial charge in [-0.1, -0.05) is 0 Å². The third kappa shape index (κ3) is 3.18. The summed E-state index contributed by atoms with van der Waals surface area (Å²) in [6, 6.07) is 0.844. The van der Waals surface area contributed by atoms with Gasteiger partial charge in [-0.05, 0) is 19.4 Å². The predicted molar refractivity (Wildman–Crippen MR) is 65.5 cm³/mol. The molecule has 0 saturated carbocycles. The van der Waals surface area contributed by atoms with Gasteiger partial charge in [-0.25, -0.2) is 23.5 Å². The third-order valence-electron chi connectivity index (χ3n) is 3.03. The first-order valence-corrected chi connectivity index (χ1v) is 7.38. The first-order chi connectivity index (χ1) is 9.07. The van der Waals surface area contributed by atoms with Crippen molar-refractivity contribution < 1.29 is 21.6 Å². The number of rotatable bonds is 2. The first-order valence-electron chi connectivity index (χ1n) is 5.77. The summed E-state index contributed by atoms with van der Waals surface area (Å²) in [5, 5.41) is 4.23. The van der Waals surface area contributed by atoms with Gasteiger partial charge in [0, 0.05) is 18.8 Å². The van der Waals surface area contributed by atoms with Crippen LogP contribution in [-0.4, -0.2) is 36.7 Å². The van der Waals surface area contributed by atoms with E-state index in [2.05, 4.69) is 9.97 Å². The number of primary sulfonamides is 1. The fraction of sp³-hybridized carbons (Fsp3) is 0.600. The Morgan fingerprint density at radius 3 is 2.55 bits per heavy atom. The van der Waals surface area contributed by atoms with Crippen LogP contribution in [0.4, 0.5) is 19.1 Å². The highest BCUT2D eigenvalue weighted by Gasteiger charge is 2.36. The molecule has 0 amide bonds. The third-order valence-corrected chi connectivity index (χ3v) is 4.34. The number of alkyl halides is 3. The number of anilines is 1. The number of aryl methyl sites for hydroxylation is 1. The van der Waals surface area contributed by atoms with Crippen LogP contribution in [0.2, 0.25) is 0 Å². The molecular formula is C10H13F3N4O2S. The van der Waals surface area contributed by atoms with Crippen molar-refractivity contribution in [2.75, 3.05) is 18.0 Å². The summed E-state index contributed by atoms with van der Waals surface area (Å²) in [6.07, 6.45) is -4.32. The van der Waals surface area contributed by atoms with E-state index in [1.807, 2.05) is 0 Å². The van der Waals surface area contributed by atoms with E-state index in [-0.39, 0.29) is 31.2 Å². The van der Waals surface area contributed by atoms with Crippen LogP contribution in [0.3, 0.4) is 0 Å². The molecule has 10 heteroatoms. The first kappa shape index (κ1) is 15.0. The Morgan fingerprint density at radius 1 is 1.40 bits per heavy atom. The highest BCUT2D eigenvalue weighted by Crippen LogP contribution is 2.30. The molecule has 112 valence electrons. The van der Waals surface area contributed by atoms with Crippen LogP contribution in [0.1, 0.15) is 17.8 Å². The smallest absolute Gasteiger partial charge is 0.339 e. The molecule has 0 radical (unpaired) electrons. The molecule has 0 spiro atoms. The molecule has 20 heavy (non-hydrogen) atoms. The predicted octanol–water partition coefficient (Wildman–Crippen LogP) is 0.671. The minimum atomic E-state index is -4.57. The molecule has 0 aliphatic carbocycles. The minimum Gasteiger partial charge on any atom is -0.339 e. The molecular weight excluding hydrogens is 297 g/mol. The SMILES string of the molecule is Cc1cc(C(F)(F)F)nc(N2CCC(S(N)(=O)=O)C2)n1. The number of nitrogens with two attached hydrogens (primary N) is 1. The maximum absolute atomic E-state index is 12.7. The average molecular weight is 310 g/mol. The van der Waals surface area contributed by atoms with Gasteiger partial charge in [-0.15, -0.1) is 0 Å². The van der Waals surface area contributed by atoms with Crippen molar-refractivity contribution in [3.8, 4) is 0 Å². The topological polar surface area (TPSA) is 89.2 Å². The minimum absolute atomic E-state index is 0.000413. The molecule has 1 unspecified atom stereocenters. The van der Waals surface area contributed by atoms with Gasteiger partial charge in [-0.2, -0.15) is 13.2 Å². The van der Waals surface area contributed by atoms with Crippen LogP contribution in [-0.2, 0) is 16.2 Å². The van der Waals surface area contributed by atoms with Gasteiger partial charge in [0.05, 0.1) is 5.25 Å². The number of halogens is 3. The molecule has 6 nitrogen and oxygen atoms in total. The largest absolute Gasteiger partial charge is 0.433 e. The highest BCUT2D eigenvalue weighted by molar-refractivity contribution is 7.89. The number of sulfonamides is 1. The second kappa shape index (κ2) is 4.85. The van der Waals surface area contributed by atoms with Crippen LogP contribution in [0.25, 0.3) is 0 Å². The fourth-order valence-corrected chi connectivity index (χ4v) is 2.84. The molecule has 0 bridgehead atoms. The molecule has 1 aliphatic heterocycles. The Balaban J connectivity index is 2.29. The van der Waals surface area contributed by atoms with Crippen molar-refractivity contribution >= 4 is 16.0 Å². The molecule has 1 atom stereocenters. The van der Waals surface area contributed by atoms with E-state index in [0.717, 1.165) is 6.07 Å². The monoisotopic (exact) mass is 310 g/mol. The molecule has 2 N–H and O–H groups in total. The molecule has 1 aromatic heterocycles. The summed E-state index contributed by atoms with van der Waals surface area (Å²) < 4.78 is 60.5. The summed E-state index contributed by atoms with van der Waals surface area (Å²) in [6.45, 7) is 1.68. The maximum Gasteiger partial charge on any atom is 0.433 e. The lowest BCUT2D eigenvalue weighted by Gasteiger charge is -2.17. The van der Waals surface area contributed by atoms with Crippen molar-refractivity contribution in [3.05, 3.63) is 17.5 Å². The van der Waals surface area contributed by atoms with E-state index >= 15 is 0 Å². The van der Waals surface area contributed by atoms with Crippen LogP contribution >= 0.6 is 0 Å². The second-order valence-electron chi connectivity index (χ2n) is 4.64.